The van der Waals surface area contributed by atoms with Crippen LogP contribution in [0.2, 0.25) is 5.02 Å². The molecule has 2 unspecified atom stereocenters. The van der Waals surface area contributed by atoms with E-state index in [9.17, 15) is 4.79 Å². The van der Waals surface area contributed by atoms with Crippen LogP contribution in [0.25, 0.3) is 0 Å². The lowest BCUT2D eigenvalue weighted by Gasteiger charge is -2.19. The van der Waals surface area contributed by atoms with E-state index in [1.165, 1.54) is 0 Å². The topological polar surface area (TPSA) is 41.1 Å². The van der Waals surface area contributed by atoms with E-state index in [2.05, 4.69) is 17.6 Å². The molecular weight excluding hydrogens is 248 g/mol. The summed E-state index contributed by atoms with van der Waals surface area (Å²) in [6, 6.07) is 7.30. The van der Waals surface area contributed by atoms with Gasteiger partial charge in [0, 0.05) is 16.8 Å². The summed E-state index contributed by atoms with van der Waals surface area (Å²) < 4.78 is 0. The first-order valence-corrected chi connectivity index (χ1v) is 6.73. The van der Waals surface area contributed by atoms with E-state index in [-0.39, 0.29) is 18.0 Å². The van der Waals surface area contributed by atoms with Crippen LogP contribution in [0, 0.1) is 0 Å². The molecule has 18 heavy (non-hydrogen) atoms. The summed E-state index contributed by atoms with van der Waals surface area (Å²) >= 11 is 5.89. The first kappa shape index (κ1) is 14.8. The van der Waals surface area contributed by atoms with Gasteiger partial charge in [-0.05, 0) is 38.5 Å². The summed E-state index contributed by atoms with van der Waals surface area (Å²) in [5.41, 5.74) is 0.855. The Kier molecular flexibility index (Phi) is 5.99. The molecule has 0 saturated carbocycles. The molecule has 1 rings (SSSR count). The van der Waals surface area contributed by atoms with E-state index >= 15 is 0 Å². The predicted octanol–water partition coefficient (Wildman–Crippen LogP) is 3.45. The highest BCUT2D eigenvalue weighted by Crippen LogP contribution is 2.15. The summed E-state index contributed by atoms with van der Waals surface area (Å²) in [6.07, 6.45) is 2.06. The van der Waals surface area contributed by atoms with Gasteiger partial charge in [0.25, 0.3) is 0 Å². The number of carbonyl (C=O) groups excluding carboxylic acids is 1. The van der Waals surface area contributed by atoms with Gasteiger partial charge in [0.05, 0.1) is 0 Å². The van der Waals surface area contributed by atoms with Gasteiger partial charge in [0.1, 0.15) is 6.04 Å². The second-order valence-electron chi connectivity index (χ2n) is 4.57. The number of hydrogen-bond donors (Lipinski definition) is 2. The smallest absolute Gasteiger partial charge is 0.242 e. The molecule has 1 amide bonds. The average Bonchev–Trinajstić information content (AvgIpc) is 2.29. The van der Waals surface area contributed by atoms with Gasteiger partial charge in [-0.1, -0.05) is 31.0 Å². The maximum atomic E-state index is 11.9. The molecule has 0 saturated heterocycles. The van der Waals surface area contributed by atoms with Crippen molar-refractivity contribution in [3.8, 4) is 0 Å². The number of nitrogens with one attached hydrogen (secondary N) is 2. The normalized spacial score (nSPS) is 13.8. The van der Waals surface area contributed by atoms with Crippen molar-refractivity contribution in [1.82, 2.24) is 5.32 Å². The highest BCUT2D eigenvalue weighted by atomic mass is 35.5. The number of carbonyl (C=O) groups is 1. The molecule has 0 aliphatic rings. The Labute approximate surface area is 114 Å². The Morgan fingerprint density at radius 2 is 2.11 bits per heavy atom. The fourth-order valence-corrected chi connectivity index (χ4v) is 1.96. The van der Waals surface area contributed by atoms with Crippen LogP contribution >= 0.6 is 11.6 Å². The molecule has 1 aromatic rings. The molecule has 1 aromatic carbocycles. The van der Waals surface area contributed by atoms with Crippen LogP contribution in [0.3, 0.4) is 0 Å². The minimum absolute atomic E-state index is 0.0101. The molecule has 100 valence electrons. The van der Waals surface area contributed by atoms with Crippen molar-refractivity contribution in [3.05, 3.63) is 29.3 Å². The number of benzene rings is 1. The number of amides is 1. The highest BCUT2D eigenvalue weighted by molar-refractivity contribution is 6.30. The van der Waals surface area contributed by atoms with Gasteiger partial charge >= 0.3 is 0 Å². The molecule has 0 fully saturated rings. The van der Waals surface area contributed by atoms with Gasteiger partial charge < -0.3 is 10.6 Å². The molecule has 4 heteroatoms. The van der Waals surface area contributed by atoms with E-state index in [0.29, 0.717) is 5.02 Å². The van der Waals surface area contributed by atoms with Crippen LogP contribution in [0.15, 0.2) is 24.3 Å². The molecule has 0 heterocycles. The maximum absolute atomic E-state index is 11.9. The van der Waals surface area contributed by atoms with E-state index in [1.807, 2.05) is 26.0 Å². The zero-order valence-corrected chi connectivity index (χ0v) is 11.9. The third kappa shape index (κ3) is 4.96. The molecule has 2 atom stereocenters. The van der Waals surface area contributed by atoms with Crippen LogP contribution in [-0.2, 0) is 4.79 Å². The summed E-state index contributed by atoms with van der Waals surface area (Å²) in [5, 5.41) is 6.77. The Bertz CT molecular complexity index is 395. The maximum Gasteiger partial charge on any atom is 0.242 e. The molecule has 2 N–H and O–H groups in total. The van der Waals surface area contributed by atoms with Crippen LogP contribution < -0.4 is 10.6 Å². The third-order valence-electron chi connectivity index (χ3n) is 2.71. The zero-order valence-electron chi connectivity index (χ0n) is 11.2. The molecule has 0 radical (unpaired) electrons. The van der Waals surface area contributed by atoms with Gasteiger partial charge in [0.2, 0.25) is 5.91 Å². The van der Waals surface area contributed by atoms with E-state index < -0.39 is 0 Å². The minimum atomic E-state index is -0.275. The van der Waals surface area contributed by atoms with Gasteiger partial charge in [-0.3, -0.25) is 4.79 Å². The SMILES string of the molecule is CCCC(C)NC(=O)C(C)Nc1cccc(Cl)c1. The van der Waals surface area contributed by atoms with Crippen molar-refractivity contribution in [2.75, 3.05) is 5.32 Å². The Morgan fingerprint density at radius 3 is 2.72 bits per heavy atom. The summed E-state index contributed by atoms with van der Waals surface area (Å²) in [6.45, 7) is 5.97. The van der Waals surface area contributed by atoms with Crippen molar-refractivity contribution in [1.29, 1.82) is 0 Å². The number of rotatable bonds is 6. The van der Waals surface area contributed by atoms with E-state index in [1.54, 1.807) is 12.1 Å². The second-order valence-corrected chi connectivity index (χ2v) is 5.01. The van der Waals surface area contributed by atoms with Crippen molar-refractivity contribution in [2.45, 2.75) is 45.7 Å². The molecule has 0 aliphatic heterocycles. The lowest BCUT2D eigenvalue weighted by molar-refractivity contribution is -0.122. The monoisotopic (exact) mass is 268 g/mol. The second kappa shape index (κ2) is 7.27. The van der Waals surface area contributed by atoms with Crippen LogP contribution in [0.4, 0.5) is 5.69 Å². The van der Waals surface area contributed by atoms with Gasteiger partial charge in [-0.2, -0.15) is 0 Å². The average molecular weight is 269 g/mol. The number of anilines is 1. The van der Waals surface area contributed by atoms with Gasteiger partial charge in [0.15, 0.2) is 0 Å². The van der Waals surface area contributed by atoms with Crippen LogP contribution in [0.1, 0.15) is 33.6 Å². The van der Waals surface area contributed by atoms with Crippen molar-refractivity contribution < 1.29 is 4.79 Å². The Hall–Kier alpha value is -1.22. The number of halogens is 1. The first-order valence-electron chi connectivity index (χ1n) is 6.35. The van der Waals surface area contributed by atoms with Gasteiger partial charge in [-0.15, -0.1) is 0 Å². The molecule has 3 nitrogen and oxygen atoms in total. The quantitative estimate of drug-likeness (QED) is 0.830. The highest BCUT2D eigenvalue weighted by Gasteiger charge is 2.14. The van der Waals surface area contributed by atoms with Gasteiger partial charge in [-0.25, -0.2) is 0 Å². The van der Waals surface area contributed by atoms with Crippen LogP contribution in [-0.4, -0.2) is 18.0 Å². The molecule has 0 bridgehead atoms. The lowest BCUT2D eigenvalue weighted by atomic mass is 10.2. The van der Waals surface area contributed by atoms with E-state index in [4.69, 9.17) is 11.6 Å². The summed E-state index contributed by atoms with van der Waals surface area (Å²) in [5.74, 6) is 0.0101. The zero-order chi connectivity index (χ0) is 13.5. The molecule has 0 aromatic heterocycles. The Morgan fingerprint density at radius 1 is 1.39 bits per heavy atom. The van der Waals surface area contributed by atoms with Crippen molar-refractivity contribution >= 4 is 23.2 Å². The van der Waals surface area contributed by atoms with Crippen molar-refractivity contribution in [2.24, 2.45) is 0 Å². The number of hydrogen-bond acceptors (Lipinski definition) is 2. The Balaban J connectivity index is 2.49. The van der Waals surface area contributed by atoms with Crippen molar-refractivity contribution in [3.63, 3.8) is 0 Å². The molecule has 0 aliphatic carbocycles. The largest absolute Gasteiger partial charge is 0.374 e. The summed E-state index contributed by atoms with van der Waals surface area (Å²) in [4.78, 5) is 11.9. The third-order valence-corrected chi connectivity index (χ3v) is 2.95. The fourth-order valence-electron chi connectivity index (χ4n) is 1.77. The summed E-state index contributed by atoms with van der Waals surface area (Å²) in [7, 11) is 0. The first-order chi connectivity index (χ1) is 8.52. The van der Waals surface area contributed by atoms with Crippen LogP contribution in [0.5, 0.6) is 0 Å². The standard InChI is InChI=1S/C14H21ClN2O/c1-4-6-10(2)16-14(18)11(3)17-13-8-5-7-12(15)9-13/h5,7-11,17H,4,6H2,1-3H3,(H,16,18). The lowest BCUT2D eigenvalue weighted by Crippen LogP contribution is -2.42. The predicted molar refractivity (Wildman–Crippen MR) is 77.0 cm³/mol. The minimum Gasteiger partial charge on any atom is -0.374 e. The van der Waals surface area contributed by atoms with E-state index in [0.717, 1.165) is 18.5 Å². The molecule has 0 spiro atoms. The fraction of sp³-hybridized carbons (Fsp3) is 0.500. The molecular formula is C14H21ClN2O.